The predicted octanol–water partition coefficient (Wildman–Crippen LogP) is 3.69. The summed E-state index contributed by atoms with van der Waals surface area (Å²) in [5, 5.41) is 8.59. The second kappa shape index (κ2) is 12.9. The van der Waals surface area contributed by atoms with E-state index in [-0.39, 0.29) is 11.5 Å². The van der Waals surface area contributed by atoms with Gasteiger partial charge in [-0.25, -0.2) is 4.79 Å². The second-order valence-electron chi connectivity index (χ2n) is 6.44. The van der Waals surface area contributed by atoms with Crippen LogP contribution in [0.25, 0.3) is 0 Å². The molecular weight excluding hydrogens is 294 g/mol. The molecule has 23 heavy (non-hydrogen) atoms. The van der Waals surface area contributed by atoms with Crippen molar-refractivity contribution in [2.24, 2.45) is 11.7 Å². The van der Waals surface area contributed by atoms with Crippen LogP contribution in [0.15, 0.2) is 23.8 Å². The fourth-order valence-electron chi connectivity index (χ4n) is 1.83. The molecule has 1 unspecified atom stereocenters. The number of rotatable bonds is 9. The lowest BCUT2D eigenvalue weighted by atomic mass is 9.95. The summed E-state index contributed by atoms with van der Waals surface area (Å²) in [6, 6.07) is 0. The van der Waals surface area contributed by atoms with Gasteiger partial charge in [0.1, 0.15) is 0 Å². The van der Waals surface area contributed by atoms with Crippen molar-refractivity contribution >= 4 is 11.9 Å². The second-order valence-corrected chi connectivity index (χ2v) is 6.44. The Labute approximate surface area is 140 Å². The van der Waals surface area contributed by atoms with E-state index < -0.39 is 5.97 Å². The van der Waals surface area contributed by atoms with Gasteiger partial charge in [-0.05, 0) is 45.1 Å². The maximum Gasteiger partial charge on any atom is 0.328 e. The zero-order valence-corrected chi connectivity index (χ0v) is 15.4. The van der Waals surface area contributed by atoms with Gasteiger partial charge in [0.2, 0.25) is 5.91 Å². The highest BCUT2D eigenvalue weighted by molar-refractivity contribution is 5.81. The van der Waals surface area contributed by atoms with Gasteiger partial charge in [0.25, 0.3) is 0 Å². The van der Waals surface area contributed by atoms with Crippen LogP contribution < -0.4 is 5.73 Å². The lowest BCUT2D eigenvalue weighted by molar-refractivity contribution is -0.131. The highest BCUT2D eigenvalue weighted by Gasteiger charge is 2.15. The smallest absolute Gasteiger partial charge is 0.328 e. The van der Waals surface area contributed by atoms with Crippen molar-refractivity contribution < 1.29 is 19.4 Å². The normalized spacial score (nSPS) is 13.4. The molecule has 0 heterocycles. The van der Waals surface area contributed by atoms with Gasteiger partial charge in [0.15, 0.2) is 0 Å². The Balaban J connectivity index is 0. The zero-order valence-electron chi connectivity index (χ0n) is 15.4. The standard InChI is InChI=1S/C16H28O3.C2H5NO/c1-13(10-7-11-16(3,4)19-5)8-6-9-14(2)12-15(17)18;1-2(3)4/h6,9,12-13H,7-8,10-11H2,1-5H3,(H,17,18);1H3,(H2,3,4)/b9-6+,14-12+;. The molecule has 3 N–H and O–H groups in total. The third kappa shape index (κ3) is 20.4. The monoisotopic (exact) mass is 327 g/mol. The van der Waals surface area contributed by atoms with Crippen LogP contribution in [0.4, 0.5) is 0 Å². The number of amides is 1. The molecule has 5 nitrogen and oxygen atoms in total. The van der Waals surface area contributed by atoms with E-state index in [4.69, 9.17) is 9.84 Å². The molecule has 0 aliphatic heterocycles. The number of carboxylic acids is 1. The summed E-state index contributed by atoms with van der Waals surface area (Å²) in [6.45, 7) is 9.55. The molecule has 0 bridgehead atoms. The largest absolute Gasteiger partial charge is 0.478 e. The molecule has 0 aromatic heterocycles. The van der Waals surface area contributed by atoms with E-state index in [1.165, 1.54) is 19.4 Å². The number of primary amides is 1. The molecule has 0 saturated carbocycles. The molecule has 134 valence electrons. The average Bonchev–Trinajstić information content (AvgIpc) is 2.36. The lowest BCUT2D eigenvalue weighted by Gasteiger charge is -2.23. The van der Waals surface area contributed by atoms with Gasteiger partial charge < -0.3 is 15.6 Å². The van der Waals surface area contributed by atoms with Crippen LogP contribution in [-0.2, 0) is 14.3 Å². The van der Waals surface area contributed by atoms with Crippen molar-refractivity contribution in [1.29, 1.82) is 0 Å². The van der Waals surface area contributed by atoms with Crippen LogP contribution in [0.3, 0.4) is 0 Å². The third-order valence-electron chi connectivity index (χ3n) is 3.30. The number of ether oxygens (including phenoxy) is 1. The van der Waals surface area contributed by atoms with Crippen LogP contribution in [-0.4, -0.2) is 29.7 Å². The number of carbonyl (C=O) groups excluding carboxylic acids is 1. The van der Waals surface area contributed by atoms with Crippen molar-refractivity contribution in [2.75, 3.05) is 7.11 Å². The Morgan fingerprint density at radius 3 is 2.26 bits per heavy atom. The number of allylic oxidation sites excluding steroid dienone is 3. The first kappa shape index (κ1) is 23.6. The summed E-state index contributed by atoms with van der Waals surface area (Å²) in [5.74, 6) is -0.612. The maximum absolute atomic E-state index is 10.4. The number of nitrogens with two attached hydrogens (primary N) is 1. The topological polar surface area (TPSA) is 89.6 Å². The van der Waals surface area contributed by atoms with Gasteiger partial charge in [0.05, 0.1) is 5.60 Å². The van der Waals surface area contributed by atoms with E-state index in [1.807, 2.05) is 6.08 Å². The fourth-order valence-corrected chi connectivity index (χ4v) is 1.83. The Hall–Kier alpha value is -1.62. The maximum atomic E-state index is 10.4. The minimum Gasteiger partial charge on any atom is -0.478 e. The molecule has 0 saturated heterocycles. The van der Waals surface area contributed by atoms with Crippen molar-refractivity contribution in [3.8, 4) is 0 Å². The van der Waals surface area contributed by atoms with Crippen molar-refractivity contribution in [1.82, 2.24) is 0 Å². The van der Waals surface area contributed by atoms with Gasteiger partial charge in [0, 0.05) is 20.1 Å². The molecule has 0 spiro atoms. The Kier molecular flexibility index (Phi) is 13.2. The Bertz CT molecular complexity index is 407. The summed E-state index contributed by atoms with van der Waals surface area (Å²) >= 11 is 0. The number of aliphatic carboxylic acids is 1. The van der Waals surface area contributed by atoms with Crippen LogP contribution >= 0.6 is 0 Å². The van der Waals surface area contributed by atoms with E-state index in [9.17, 15) is 9.59 Å². The minimum atomic E-state index is -0.892. The Morgan fingerprint density at radius 2 is 1.83 bits per heavy atom. The van der Waals surface area contributed by atoms with Gasteiger partial charge in [-0.1, -0.05) is 31.9 Å². The number of hydrogen-bond acceptors (Lipinski definition) is 3. The zero-order chi connectivity index (χ0) is 18.5. The number of methoxy groups -OCH3 is 1. The average molecular weight is 327 g/mol. The quantitative estimate of drug-likeness (QED) is 0.499. The first-order valence-corrected chi connectivity index (χ1v) is 7.89. The summed E-state index contributed by atoms with van der Waals surface area (Å²) in [7, 11) is 1.75. The molecule has 0 radical (unpaired) electrons. The number of carboxylic acid groups (broad SMARTS) is 1. The van der Waals surface area contributed by atoms with Gasteiger partial charge in [-0.15, -0.1) is 0 Å². The first-order valence-electron chi connectivity index (χ1n) is 7.89. The van der Waals surface area contributed by atoms with Gasteiger partial charge in [-0.3, -0.25) is 4.79 Å². The molecule has 0 aliphatic carbocycles. The first-order chi connectivity index (χ1) is 10.5. The molecule has 0 aromatic carbocycles. The molecular formula is C18H33NO4. The van der Waals surface area contributed by atoms with E-state index in [0.717, 1.165) is 24.8 Å². The summed E-state index contributed by atoms with van der Waals surface area (Å²) < 4.78 is 5.39. The molecule has 5 heteroatoms. The number of hydrogen-bond donors (Lipinski definition) is 2. The van der Waals surface area contributed by atoms with Crippen LogP contribution in [0.5, 0.6) is 0 Å². The van der Waals surface area contributed by atoms with Crippen LogP contribution in [0, 0.1) is 5.92 Å². The van der Waals surface area contributed by atoms with Crippen LogP contribution in [0.1, 0.15) is 60.3 Å². The van der Waals surface area contributed by atoms with E-state index in [2.05, 4.69) is 32.6 Å². The molecule has 0 aliphatic rings. The van der Waals surface area contributed by atoms with Crippen LogP contribution in [0.2, 0.25) is 0 Å². The molecule has 0 aromatic rings. The fraction of sp³-hybridized carbons (Fsp3) is 0.667. The predicted molar refractivity (Wildman–Crippen MR) is 94.1 cm³/mol. The summed E-state index contributed by atoms with van der Waals surface area (Å²) in [5.41, 5.74) is 5.22. The van der Waals surface area contributed by atoms with E-state index >= 15 is 0 Å². The van der Waals surface area contributed by atoms with E-state index in [0.29, 0.717) is 5.92 Å². The summed E-state index contributed by atoms with van der Waals surface area (Å²) in [6.07, 6.45) is 9.53. The molecule has 1 amide bonds. The molecule has 1 atom stereocenters. The SMILES string of the molecule is CC(N)=O.COC(C)(C)CCCC(C)C/C=C/C(C)=C/C(=O)O. The third-order valence-corrected chi connectivity index (χ3v) is 3.30. The molecule has 0 fully saturated rings. The number of carbonyl (C=O) groups is 2. The Morgan fingerprint density at radius 1 is 1.30 bits per heavy atom. The van der Waals surface area contributed by atoms with Crippen molar-refractivity contribution in [2.45, 2.75) is 65.9 Å². The van der Waals surface area contributed by atoms with E-state index in [1.54, 1.807) is 14.0 Å². The van der Waals surface area contributed by atoms with Gasteiger partial charge in [-0.2, -0.15) is 0 Å². The molecule has 0 rings (SSSR count). The summed E-state index contributed by atoms with van der Waals surface area (Å²) in [4.78, 5) is 19.7. The minimum absolute atomic E-state index is 0.0314. The van der Waals surface area contributed by atoms with Crippen molar-refractivity contribution in [3.63, 3.8) is 0 Å². The highest BCUT2D eigenvalue weighted by Crippen LogP contribution is 2.20. The van der Waals surface area contributed by atoms with Gasteiger partial charge >= 0.3 is 5.97 Å². The lowest BCUT2D eigenvalue weighted by Crippen LogP contribution is -2.22. The highest BCUT2D eigenvalue weighted by atomic mass is 16.5. The van der Waals surface area contributed by atoms with Crippen molar-refractivity contribution in [3.05, 3.63) is 23.8 Å².